The summed E-state index contributed by atoms with van der Waals surface area (Å²) in [7, 11) is 0. The highest BCUT2D eigenvalue weighted by Gasteiger charge is 2.42. The average Bonchev–Trinajstić information content (AvgIpc) is 2.44. The molecule has 3 rings (SSSR count). The monoisotopic (exact) mass is 324 g/mol. The van der Waals surface area contributed by atoms with E-state index in [1.165, 1.54) is 36.8 Å². The predicted molar refractivity (Wildman–Crippen MR) is 80.2 cm³/mol. The lowest BCUT2D eigenvalue weighted by molar-refractivity contribution is -0.0723. The van der Waals surface area contributed by atoms with Crippen LogP contribution >= 0.6 is 15.9 Å². The van der Waals surface area contributed by atoms with Gasteiger partial charge in [0.25, 0.3) is 0 Å². The normalized spacial score (nSPS) is 29.5. The summed E-state index contributed by atoms with van der Waals surface area (Å²) in [4.78, 5) is 0.440. The SMILES string of the molecule is CCOC1C(Br)CC1Oc1ccc2c(c1)CCCC2. The fourth-order valence-corrected chi connectivity index (χ4v) is 3.87. The molecule has 0 bridgehead atoms. The van der Waals surface area contributed by atoms with Crippen LogP contribution in [0, 0.1) is 0 Å². The molecule has 104 valence electrons. The summed E-state index contributed by atoms with van der Waals surface area (Å²) in [5, 5.41) is 0. The third-order valence-electron chi connectivity index (χ3n) is 4.15. The molecule has 2 aliphatic rings. The fraction of sp³-hybridized carbons (Fsp3) is 0.625. The lowest BCUT2D eigenvalue weighted by Gasteiger charge is -2.40. The van der Waals surface area contributed by atoms with Crippen LogP contribution in [0.2, 0.25) is 0 Å². The predicted octanol–water partition coefficient (Wildman–Crippen LogP) is 3.89. The van der Waals surface area contributed by atoms with E-state index in [1.54, 1.807) is 0 Å². The second-order valence-corrected chi connectivity index (χ2v) is 6.64. The maximum atomic E-state index is 6.10. The molecular formula is C16H21BrO2. The molecule has 2 nitrogen and oxygen atoms in total. The zero-order valence-corrected chi connectivity index (χ0v) is 13.0. The molecule has 3 heteroatoms. The van der Waals surface area contributed by atoms with Crippen molar-refractivity contribution in [3.8, 4) is 5.75 Å². The molecule has 0 spiro atoms. The van der Waals surface area contributed by atoms with Crippen molar-refractivity contribution >= 4 is 15.9 Å². The Labute approximate surface area is 123 Å². The lowest BCUT2D eigenvalue weighted by atomic mass is 9.90. The highest BCUT2D eigenvalue weighted by atomic mass is 79.9. The third kappa shape index (κ3) is 2.82. The smallest absolute Gasteiger partial charge is 0.127 e. The Balaban J connectivity index is 1.67. The minimum Gasteiger partial charge on any atom is -0.488 e. The molecule has 1 fully saturated rings. The number of hydrogen-bond acceptors (Lipinski definition) is 2. The van der Waals surface area contributed by atoms with E-state index in [-0.39, 0.29) is 12.2 Å². The van der Waals surface area contributed by atoms with E-state index in [2.05, 4.69) is 34.1 Å². The van der Waals surface area contributed by atoms with E-state index in [0.29, 0.717) is 4.83 Å². The molecule has 3 unspecified atom stereocenters. The molecule has 2 aliphatic carbocycles. The summed E-state index contributed by atoms with van der Waals surface area (Å²) < 4.78 is 11.8. The highest BCUT2D eigenvalue weighted by molar-refractivity contribution is 9.09. The molecule has 0 amide bonds. The Morgan fingerprint density at radius 3 is 2.74 bits per heavy atom. The Bertz CT molecular complexity index is 446. The van der Waals surface area contributed by atoms with Crippen molar-refractivity contribution in [2.24, 2.45) is 0 Å². The number of hydrogen-bond donors (Lipinski definition) is 0. The largest absolute Gasteiger partial charge is 0.488 e. The van der Waals surface area contributed by atoms with E-state index in [4.69, 9.17) is 9.47 Å². The molecule has 3 atom stereocenters. The van der Waals surface area contributed by atoms with Crippen molar-refractivity contribution in [3.05, 3.63) is 29.3 Å². The van der Waals surface area contributed by atoms with Gasteiger partial charge in [-0.3, -0.25) is 0 Å². The molecule has 0 heterocycles. The maximum Gasteiger partial charge on any atom is 0.127 e. The van der Waals surface area contributed by atoms with Crippen LogP contribution in [0.3, 0.4) is 0 Å². The van der Waals surface area contributed by atoms with Crippen LogP contribution in [0.1, 0.15) is 37.3 Å². The standard InChI is InChI=1S/C16H21BrO2/c1-2-18-16-14(17)10-15(16)19-13-8-7-11-5-3-4-6-12(11)9-13/h7-9,14-16H,2-6,10H2,1H3. The number of halogens is 1. The highest BCUT2D eigenvalue weighted by Crippen LogP contribution is 2.35. The minimum absolute atomic E-state index is 0.195. The number of fused-ring (bicyclic) bond motifs is 1. The van der Waals surface area contributed by atoms with Crippen LogP contribution in [0.5, 0.6) is 5.75 Å². The van der Waals surface area contributed by atoms with Crippen LogP contribution in [0.25, 0.3) is 0 Å². The van der Waals surface area contributed by atoms with Gasteiger partial charge in [0.05, 0.1) is 0 Å². The number of ether oxygens (including phenoxy) is 2. The zero-order chi connectivity index (χ0) is 13.2. The first-order chi connectivity index (χ1) is 9.28. The number of rotatable bonds is 4. The van der Waals surface area contributed by atoms with Crippen molar-refractivity contribution in [1.29, 1.82) is 0 Å². The van der Waals surface area contributed by atoms with Crippen LogP contribution < -0.4 is 4.74 Å². The second kappa shape index (κ2) is 5.84. The van der Waals surface area contributed by atoms with Crippen molar-refractivity contribution in [1.82, 2.24) is 0 Å². The van der Waals surface area contributed by atoms with Gasteiger partial charge in [-0.15, -0.1) is 0 Å². The molecular weight excluding hydrogens is 304 g/mol. The van der Waals surface area contributed by atoms with E-state index >= 15 is 0 Å². The maximum absolute atomic E-state index is 6.10. The minimum atomic E-state index is 0.195. The molecule has 0 saturated heterocycles. The van der Waals surface area contributed by atoms with Gasteiger partial charge in [-0.25, -0.2) is 0 Å². The van der Waals surface area contributed by atoms with Crippen molar-refractivity contribution < 1.29 is 9.47 Å². The molecule has 0 N–H and O–H groups in total. The van der Waals surface area contributed by atoms with Crippen LogP contribution in [-0.2, 0) is 17.6 Å². The van der Waals surface area contributed by atoms with Gasteiger partial charge in [0.15, 0.2) is 0 Å². The number of alkyl halides is 1. The van der Waals surface area contributed by atoms with Gasteiger partial charge >= 0.3 is 0 Å². The van der Waals surface area contributed by atoms with Gasteiger partial charge in [0, 0.05) is 17.9 Å². The van der Waals surface area contributed by atoms with Crippen molar-refractivity contribution in [2.75, 3.05) is 6.61 Å². The van der Waals surface area contributed by atoms with E-state index in [1.807, 2.05) is 6.92 Å². The summed E-state index contributed by atoms with van der Waals surface area (Å²) in [6.45, 7) is 2.78. The summed E-state index contributed by atoms with van der Waals surface area (Å²) >= 11 is 3.64. The molecule has 0 aromatic heterocycles. The summed E-state index contributed by atoms with van der Waals surface area (Å²) in [6, 6.07) is 6.59. The van der Waals surface area contributed by atoms with Crippen LogP contribution in [0.15, 0.2) is 18.2 Å². The second-order valence-electron chi connectivity index (χ2n) is 5.47. The van der Waals surface area contributed by atoms with Gasteiger partial charge in [0.1, 0.15) is 18.0 Å². The van der Waals surface area contributed by atoms with E-state index < -0.39 is 0 Å². The molecule has 1 aromatic carbocycles. The third-order valence-corrected chi connectivity index (χ3v) is 5.04. The van der Waals surface area contributed by atoms with Gasteiger partial charge < -0.3 is 9.47 Å². The van der Waals surface area contributed by atoms with E-state index in [9.17, 15) is 0 Å². The Morgan fingerprint density at radius 1 is 1.21 bits per heavy atom. The first kappa shape index (κ1) is 13.4. The fourth-order valence-electron chi connectivity index (χ4n) is 3.00. The van der Waals surface area contributed by atoms with Gasteiger partial charge in [-0.2, -0.15) is 0 Å². The van der Waals surface area contributed by atoms with Gasteiger partial charge in [-0.05, 0) is 55.9 Å². The molecule has 0 aliphatic heterocycles. The van der Waals surface area contributed by atoms with Gasteiger partial charge in [-0.1, -0.05) is 22.0 Å². The van der Waals surface area contributed by atoms with Crippen LogP contribution in [-0.4, -0.2) is 23.6 Å². The van der Waals surface area contributed by atoms with Gasteiger partial charge in [0.2, 0.25) is 0 Å². The topological polar surface area (TPSA) is 18.5 Å². The quantitative estimate of drug-likeness (QED) is 0.782. The summed E-state index contributed by atoms with van der Waals surface area (Å²) in [5.74, 6) is 1.01. The summed E-state index contributed by atoms with van der Waals surface area (Å²) in [5.41, 5.74) is 2.98. The number of benzene rings is 1. The Kier molecular flexibility index (Phi) is 4.13. The first-order valence-corrected chi connectivity index (χ1v) is 8.23. The Morgan fingerprint density at radius 2 is 2.00 bits per heavy atom. The lowest BCUT2D eigenvalue weighted by Crippen LogP contribution is -2.52. The number of aryl methyl sites for hydroxylation is 2. The summed E-state index contributed by atoms with van der Waals surface area (Å²) in [6.07, 6.45) is 6.49. The molecule has 19 heavy (non-hydrogen) atoms. The van der Waals surface area contributed by atoms with E-state index in [0.717, 1.165) is 18.8 Å². The molecule has 1 saturated carbocycles. The Hall–Kier alpha value is -0.540. The van der Waals surface area contributed by atoms with Crippen molar-refractivity contribution in [2.45, 2.75) is 56.1 Å². The molecule has 0 radical (unpaired) electrons. The van der Waals surface area contributed by atoms with Crippen molar-refractivity contribution in [3.63, 3.8) is 0 Å². The van der Waals surface area contributed by atoms with Crippen LogP contribution in [0.4, 0.5) is 0 Å². The zero-order valence-electron chi connectivity index (χ0n) is 11.4. The average molecular weight is 325 g/mol. The first-order valence-electron chi connectivity index (χ1n) is 7.32. The molecule has 1 aromatic rings.